The van der Waals surface area contributed by atoms with E-state index in [-0.39, 0.29) is 0 Å². The molecule has 0 N–H and O–H groups in total. The number of aromatic nitrogens is 2. The minimum absolute atomic E-state index is 0.614. The van der Waals surface area contributed by atoms with Crippen LogP contribution in [0.15, 0.2) is 6.20 Å². The number of aryl methyl sites for hydroxylation is 1. The summed E-state index contributed by atoms with van der Waals surface area (Å²) in [6, 6.07) is 0.614. The molecule has 0 amide bonds. The second-order valence-electron chi connectivity index (χ2n) is 4.82. The summed E-state index contributed by atoms with van der Waals surface area (Å²) >= 11 is 0. The molecule has 0 aromatic carbocycles. The van der Waals surface area contributed by atoms with Gasteiger partial charge in [0.05, 0.1) is 0 Å². The lowest BCUT2D eigenvalue weighted by molar-refractivity contribution is 0.201. The van der Waals surface area contributed by atoms with E-state index in [1.165, 1.54) is 11.3 Å². The van der Waals surface area contributed by atoms with Crippen molar-refractivity contribution >= 4 is 0 Å². The molecule has 0 fully saturated rings. The van der Waals surface area contributed by atoms with Crippen molar-refractivity contribution in [1.82, 2.24) is 14.9 Å². The molecule has 1 aliphatic rings. The molecule has 16 heavy (non-hydrogen) atoms. The van der Waals surface area contributed by atoms with Crippen LogP contribution in [0, 0.1) is 0 Å². The van der Waals surface area contributed by atoms with Crippen LogP contribution in [0.3, 0.4) is 0 Å². The number of nitrogens with zero attached hydrogens (tertiary/aromatic N) is 3. The van der Waals surface area contributed by atoms with Crippen molar-refractivity contribution in [3.05, 3.63) is 23.3 Å². The van der Waals surface area contributed by atoms with E-state index in [9.17, 15) is 0 Å². The second-order valence-corrected chi connectivity index (χ2v) is 4.82. The van der Waals surface area contributed by atoms with Gasteiger partial charge in [-0.15, -0.1) is 0 Å². The molecule has 0 unspecified atom stereocenters. The normalized spacial score (nSPS) is 16.5. The van der Waals surface area contributed by atoms with E-state index in [4.69, 9.17) is 0 Å². The van der Waals surface area contributed by atoms with E-state index < -0.39 is 0 Å². The van der Waals surface area contributed by atoms with Crippen LogP contribution in [-0.4, -0.2) is 27.5 Å². The molecule has 0 bridgehead atoms. The molecule has 0 atom stereocenters. The molecule has 88 valence electrons. The third-order valence-electron chi connectivity index (χ3n) is 3.22. The minimum atomic E-state index is 0.614. The van der Waals surface area contributed by atoms with Gasteiger partial charge in [0.25, 0.3) is 0 Å². The van der Waals surface area contributed by atoms with Crippen LogP contribution in [0.5, 0.6) is 0 Å². The van der Waals surface area contributed by atoms with Gasteiger partial charge in [0, 0.05) is 49.4 Å². The highest BCUT2D eigenvalue weighted by atomic mass is 15.2. The topological polar surface area (TPSA) is 29.0 Å². The molecule has 1 aromatic heterocycles. The summed E-state index contributed by atoms with van der Waals surface area (Å²) in [4.78, 5) is 11.6. The quantitative estimate of drug-likeness (QED) is 0.780. The van der Waals surface area contributed by atoms with Crippen LogP contribution >= 0.6 is 0 Å². The summed E-state index contributed by atoms with van der Waals surface area (Å²) in [5, 5.41) is 0. The van der Waals surface area contributed by atoms with Gasteiger partial charge in [0.15, 0.2) is 0 Å². The average Bonchev–Trinajstić information content (AvgIpc) is 2.28. The maximum absolute atomic E-state index is 4.66. The SMILES string of the molecule is CCCc1ncc2c(n1)CCN(C(C)C)C2. The Labute approximate surface area is 97.9 Å². The lowest BCUT2D eigenvalue weighted by Crippen LogP contribution is -2.36. The van der Waals surface area contributed by atoms with Gasteiger partial charge in [0.2, 0.25) is 0 Å². The van der Waals surface area contributed by atoms with E-state index in [1.54, 1.807) is 0 Å². The van der Waals surface area contributed by atoms with Gasteiger partial charge in [-0.2, -0.15) is 0 Å². The third-order valence-corrected chi connectivity index (χ3v) is 3.22. The van der Waals surface area contributed by atoms with Gasteiger partial charge < -0.3 is 0 Å². The van der Waals surface area contributed by atoms with Crippen LogP contribution < -0.4 is 0 Å². The summed E-state index contributed by atoms with van der Waals surface area (Å²) in [6.45, 7) is 8.81. The Kier molecular flexibility index (Phi) is 3.54. The molecule has 0 spiro atoms. The fraction of sp³-hybridized carbons (Fsp3) is 0.692. The predicted octanol–water partition coefficient (Wildman–Crippen LogP) is 2.20. The van der Waals surface area contributed by atoms with Gasteiger partial charge >= 0.3 is 0 Å². The number of fused-ring (bicyclic) bond motifs is 1. The molecule has 1 aromatic rings. The third kappa shape index (κ3) is 2.40. The summed E-state index contributed by atoms with van der Waals surface area (Å²) in [6.07, 6.45) is 5.23. The average molecular weight is 219 g/mol. The summed E-state index contributed by atoms with van der Waals surface area (Å²) < 4.78 is 0. The zero-order valence-corrected chi connectivity index (χ0v) is 10.5. The number of hydrogen-bond acceptors (Lipinski definition) is 3. The highest BCUT2D eigenvalue weighted by Crippen LogP contribution is 2.18. The Hall–Kier alpha value is -0.960. The lowest BCUT2D eigenvalue weighted by atomic mass is 10.1. The van der Waals surface area contributed by atoms with E-state index in [0.717, 1.165) is 38.2 Å². The van der Waals surface area contributed by atoms with Crippen LogP contribution in [0.25, 0.3) is 0 Å². The molecule has 0 saturated heterocycles. The van der Waals surface area contributed by atoms with E-state index >= 15 is 0 Å². The standard InChI is InChI=1S/C13H21N3/c1-4-5-13-14-8-11-9-16(10(2)3)7-6-12(11)15-13/h8,10H,4-7,9H2,1-3H3. The first-order valence-corrected chi connectivity index (χ1v) is 6.28. The highest BCUT2D eigenvalue weighted by Gasteiger charge is 2.19. The maximum Gasteiger partial charge on any atom is 0.128 e. The zero-order chi connectivity index (χ0) is 11.5. The van der Waals surface area contributed by atoms with Gasteiger partial charge in [-0.05, 0) is 20.3 Å². The van der Waals surface area contributed by atoms with Crippen molar-refractivity contribution in [3.63, 3.8) is 0 Å². The summed E-state index contributed by atoms with van der Waals surface area (Å²) in [5.41, 5.74) is 2.59. The molecule has 0 saturated carbocycles. The molecule has 1 aliphatic heterocycles. The van der Waals surface area contributed by atoms with Crippen molar-refractivity contribution in [2.24, 2.45) is 0 Å². The maximum atomic E-state index is 4.66. The van der Waals surface area contributed by atoms with Gasteiger partial charge in [-0.1, -0.05) is 6.92 Å². The van der Waals surface area contributed by atoms with Crippen molar-refractivity contribution in [1.29, 1.82) is 0 Å². The smallest absolute Gasteiger partial charge is 0.128 e. The highest BCUT2D eigenvalue weighted by molar-refractivity contribution is 5.20. The Balaban J connectivity index is 2.15. The number of hydrogen-bond donors (Lipinski definition) is 0. The molecule has 2 rings (SSSR count). The molecule has 2 heterocycles. The minimum Gasteiger partial charge on any atom is -0.296 e. The number of rotatable bonds is 3. The van der Waals surface area contributed by atoms with E-state index in [0.29, 0.717) is 6.04 Å². The van der Waals surface area contributed by atoms with Crippen LogP contribution in [-0.2, 0) is 19.4 Å². The van der Waals surface area contributed by atoms with Crippen molar-refractivity contribution < 1.29 is 0 Å². The molecule has 3 heteroatoms. The largest absolute Gasteiger partial charge is 0.296 e. The van der Waals surface area contributed by atoms with Gasteiger partial charge in [-0.3, -0.25) is 4.90 Å². The van der Waals surface area contributed by atoms with Crippen molar-refractivity contribution in [3.8, 4) is 0 Å². The van der Waals surface area contributed by atoms with Gasteiger partial charge in [-0.25, -0.2) is 9.97 Å². The monoisotopic (exact) mass is 219 g/mol. The fourth-order valence-electron chi connectivity index (χ4n) is 2.16. The lowest BCUT2D eigenvalue weighted by Gasteiger charge is -2.31. The Morgan fingerprint density at radius 3 is 2.94 bits per heavy atom. The van der Waals surface area contributed by atoms with E-state index in [2.05, 4.69) is 35.6 Å². The molecular formula is C13H21N3. The first-order chi connectivity index (χ1) is 7.70. The van der Waals surface area contributed by atoms with Crippen LogP contribution in [0.2, 0.25) is 0 Å². The first-order valence-electron chi connectivity index (χ1n) is 6.28. The Bertz CT molecular complexity index is 360. The summed E-state index contributed by atoms with van der Waals surface area (Å²) in [7, 11) is 0. The second kappa shape index (κ2) is 4.91. The molecule has 0 radical (unpaired) electrons. The van der Waals surface area contributed by atoms with Crippen LogP contribution in [0.4, 0.5) is 0 Å². The molecule has 0 aliphatic carbocycles. The zero-order valence-electron chi connectivity index (χ0n) is 10.5. The van der Waals surface area contributed by atoms with E-state index in [1.807, 2.05) is 6.20 Å². The summed E-state index contributed by atoms with van der Waals surface area (Å²) in [5.74, 6) is 1.01. The molecular weight excluding hydrogens is 198 g/mol. The first kappa shape index (κ1) is 11.5. The predicted molar refractivity (Wildman–Crippen MR) is 65.3 cm³/mol. The van der Waals surface area contributed by atoms with Crippen LogP contribution in [0.1, 0.15) is 44.3 Å². The molecule has 3 nitrogen and oxygen atoms in total. The Morgan fingerprint density at radius 1 is 1.44 bits per heavy atom. The van der Waals surface area contributed by atoms with Crippen molar-refractivity contribution in [2.75, 3.05) is 6.54 Å². The van der Waals surface area contributed by atoms with Gasteiger partial charge in [0.1, 0.15) is 5.82 Å². The van der Waals surface area contributed by atoms with Crippen molar-refractivity contribution in [2.45, 2.75) is 52.6 Å². The fourth-order valence-corrected chi connectivity index (χ4v) is 2.16. The Morgan fingerprint density at radius 2 is 2.25 bits per heavy atom.